The SMILES string of the molecule is CC1=CC[C@@H]2C3(CC[C@]2(C)C(=O)[C@@H]2C(=C(C)C)C=C[C@H]12)SCCS3. The average Bonchev–Trinajstić information content (AvgIpc) is 3.24. The number of hydrogen-bond acceptors (Lipinski definition) is 3. The molecule has 0 aromatic heterocycles. The second-order valence-corrected chi connectivity index (χ2v) is 11.5. The molecular weight excluding hydrogens is 332 g/mol. The lowest BCUT2D eigenvalue weighted by Crippen LogP contribution is -2.44. The Labute approximate surface area is 154 Å². The summed E-state index contributed by atoms with van der Waals surface area (Å²) in [6.07, 6.45) is 10.3. The Bertz CT molecular complexity index is 661. The van der Waals surface area contributed by atoms with Gasteiger partial charge in [0, 0.05) is 22.8 Å². The lowest BCUT2D eigenvalue weighted by atomic mass is 9.65. The van der Waals surface area contributed by atoms with Gasteiger partial charge in [-0.15, -0.1) is 23.5 Å². The third-order valence-electron chi connectivity index (χ3n) is 6.87. The van der Waals surface area contributed by atoms with Gasteiger partial charge in [-0.1, -0.05) is 36.3 Å². The fourth-order valence-corrected chi connectivity index (χ4v) is 9.22. The fourth-order valence-electron chi connectivity index (χ4n) is 5.43. The smallest absolute Gasteiger partial charge is 0.147 e. The molecule has 1 spiro atoms. The second kappa shape index (κ2) is 5.81. The minimum absolute atomic E-state index is 0.0607. The normalized spacial score (nSPS) is 40.3. The van der Waals surface area contributed by atoms with E-state index in [1.165, 1.54) is 34.6 Å². The van der Waals surface area contributed by atoms with Crippen LogP contribution in [0.1, 0.15) is 47.0 Å². The van der Waals surface area contributed by atoms with Gasteiger partial charge >= 0.3 is 0 Å². The van der Waals surface area contributed by atoms with Crippen LogP contribution in [0.25, 0.3) is 0 Å². The van der Waals surface area contributed by atoms with Gasteiger partial charge in [0.25, 0.3) is 0 Å². The highest BCUT2D eigenvalue weighted by Gasteiger charge is 2.61. The van der Waals surface area contributed by atoms with E-state index in [1.54, 1.807) is 0 Å². The third kappa shape index (κ3) is 2.26. The fraction of sp³-hybridized carbons (Fsp3) is 0.667. The molecule has 2 fully saturated rings. The molecule has 1 nitrogen and oxygen atoms in total. The standard InChI is InChI=1S/C21H28OS2/c1-13(2)15-6-7-16-14(3)5-8-17-20(4,19(22)18(15)16)9-10-21(17)23-11-12-24-21/h5-7,16-18H,8-12H2,1-4H3/t16-,17+,18-,20+/m1/s1. The van der Waals surface area contributed by atoms with Gasteiger partial charge in [0.05, 0.1) is 10.00 Å². The summed E-state index contributed by atoms with van der Waals surface area (Å²) in [7, 11) is 0. The van der Waals surface area contributed by atoms with E-state index in [0.717, 1.165) is 12.8 Å². The first-order chi connectivity index (χ1) is 11.4. The van der Waals surface area contributed by atoms with Gasteiger partial charge in [0.15, 0.2) is 0 Å². The number of ketones is 1. The lowest BCUT2D eigenvalue weighted by molar-refractivity contribution is -0.133. The molecular formula is C21H28OS2. The van der Waals surface area contributed by atoms with Crippen LogP contribution in [0, 0.1) is 23.2 Å². The Morgan fingerprint density at radius 3 is 2.58 bits per heavy atom. The summed E-state index contributed by atoms with van der Waals surface area (Å²) in [6, 6.07) is 0. The van der Waals surface area contributed by atoms with E-state index in [-0.39, 0.29) is 11.3 Å². The van der Waals surface area contributed by atoms with E-state index >= 15 is 0 Å². The topological polar surface area (TPSA) is 17.1 Å². The van der Waals surface area contributed by atoms with Crippen LogP contribution in [0.2, 0.25) is 0 Å². The summed E-state index contributed by atoms with van der Waals surface area (Å²) in [6.45, 7) is 8.85. The van der Waals surface area contributed by atoms with Gasteiger partial charge in [-0.25, -0.2) is 0 Å². The Kier molecular flexibility index (Phi) is 4.12. The van der Waals surface area contributed by atoms with Crippen molar-refractivity contribution in [1.82, 2.24) is 0 Å². The zero-order valence-corrected chi connectivity index (χ0v) is 16.9. The molecule has 3 heteroatoms. The molecule has 1 heterocycles. The van der Waals surface area contributed by atoms with Gasteiger partial charge in [-0.2, -0.15) is 0 Å². The monoisotopic (exact) mass is 360 g/mol. The minimum atomic E-state index is -0.156. The van der Waals surface area contributed by atoms with E-state index in [2.05, 4.69) is 69.4 Å². The van der Waals surface area contributed by atoms with E-state index in [0.29, 0.717) is 21.7 Å². The van der Waals surface area contributed by atoms with Crippen molar-refractivity contribution in [2.45, 2.75) is 51.0 Å². The highest BCUT2D eigenvalue weighted by atomic mass is 32.2. The molecule has 4 aliphatic rings. The van der Waals surface area contributed by atoms with Crippen molar-refractivity contribution in [3.8, 4) is 0 Å². The van der Waals surface area contributed by atoms with Crippen LogP contribution in [0.5, 0.6) is 0 Å². The summed E-state index contributed by atoms with van der Waals surface area (Å²) in [5, 5.41) is 0. The number of thioether (sulfide) groups is 2. The molecule has 0 unspecified atom stereocenters. The highest BCUT2D eigenvalue weighted by molar-refractivity contribution is 8.21. The Balaban J connectivity index is 1.81. The molecule has 4 atom stereocenters. The number of carbonyl (C=O) groups excluding carboxylic acids is 1. The number of Topliss-reactive ketones (excluding diaryl/α,β-unsaturated/α-hetero) is 1. The summed E-state index contributed by atoms with van der Waals surface area (Å²) >= 11 is 4.28. The van der Waals surface area contributed by atoms with Crippen molar-refractivity contribution in [3.63, 3.8) is 0 Å². The molecule has 1 aliphatic heterocycles. The van der Waals surface area contributed by atoms with E-state index in [1.807, 2.05) is 0 Å². The van der Waals surface area contributed by atoms with Crippen LogP contribution in [0.3, 0.4) is 0 Å². The molecule has 0 amide bonds. The van der Waals surface area contributed by atoms with Crippen LogP contribution in [-0.2, 0) is 4.79 Å². The molecule has 24 heavy (non-hydrogen) atoms. The van der Waals surface area contributed by atoms with Crippen LogP contribution < -0.4 is 0 Å². The number of fused-ring (bicyclic) bond motifs is 3. The van der Waals surface area contributed by atoms with Gasteiger partial charge in [0.1, 0.15) is 5.78 Å². The molecule has 0 bridgehead atoms. The van der Waals surface area contributed by atoms with Gasteiger partial charge < -0.3 is 0 Å². The Morgan fingerprint density at radius 1 is 1.21 bits per heavy atom. The zero-order chi connectivity index (χ0) is 17.1. The minimum Gasteiger partial charge on any atom is -0.298 e. The van der Waals surface area contributed by atoms with Gasteiger partial charge in [-0.3, -0.25) is 4.79 Å². The first-order valence-electron chi connectivity index (χ1n) is 9.23. The molecule has 0 N–H and O–H groups in total. The zero-order valence-electron chi connectivity index (χ0n) is 15.2. The Morgan fingerprint density at radius 2 is 1.92 bits per heavy atom. The third-order valence-corrected chi connectivity index (χ3v) is 10.6. The van der Waals surface area contributed by atoms with Crippen LogP contribution in [0.15, 0.2) is 34.9 Å². The van der Waals surface area contributed by atoms with Crippen LogP contribution in [-0.4, -0.2) is 21.4 Å². The molecule has 4 rings (SSSR count). The molecule has 0 radical (unpaired) electrons. The lowest BCUT2D eigenvalue weighted by Gasteiger charge is -2.41. The van der Waals surface area contributed by atoms with Crippen LogP contribution >= 0.6 is 23.5 Å². The number of hydrogen-bond donors (Lipinski definition) is 0. The molecule has 130 valence electrons. The predicted molar refractivity (Wildman–Crippen MR) is 106 cm³/mol. The van der Waals surface area contributed by atoms with Crippen LogP contribution in [0.4, 0.5) is 0 Å². The summed E-state index contributed by atoms with van der Waals surface area (Å²) in [5.41, 5.74) is 3.83. The average molecular weight is 361 g/mol. The Hall–Kier alpha value is -0.410. The summed E-state index contributed by atoms with van der Waals surface area (Å²) < 4.78 is 0.297. The van der Waals surface area contributed by atoms with Crippen molar-refractivity contribution in [1.29, 1.82) is 0 Å². The number of carbonyl (C=O) groups is 1. The maximum Gasteiger partial charge on any atom is 0.147 e. The van der Waals surface area contributed by atoms with Crippen molar-refractivity contribution < 1.29 is 4.79 Å². The maximum atomic E-state index is 13.9. The quantitative estimate of drug-likeness (QED) is 0.521. The highest BCUT2D eigenvalue weighted by Crippen LogP contribution is 2.66. The van der Waals surface area contributed by atoms with Crippen molar-refractivity contribution in [2.24, 2.45) is 23.2 Å². The summed E-state index contributed by atoms with van der Waals surface area (Å²) in [5.74, 6) is 3.87. The van der Waals surface area contributed by atoms with Crippen molar-refractivity contribution >= 4 is 29.3 Å². The second-order valence-electron chi connectivity index (χ2n) is 8.34. The first kappa shape index (κ1) is 17.0. The van der Waals surface area contributed by atoms with E-state index in [4.69, 9.17) is 0 Å². The molecule has 0 aromatic rings. The van der Waals surface area contributed by atoms with E-state index < -0.39 is 0 Å². The predicted octanol–water partition coefficient (Wildman–Crippen LogP) is 5.64. The van der Waals surface area contributed by atoms with Gasteiger partial charge in [-0.05, 0) is 51.5 Å². The molecule has 3 aliphatic carbocycles. The van der Waals surface area contributed by atoms with E-state index in [9.17, 15) is 4.79 Å². The van der Waals surface area contributed by atoms with Crippen molar-refractivity contribution in [3.05, 3.63) is 34.9 Å². The molecule has 1 saturated heterocycles. The number of rotatable bonds is 0. The first-order valence-corrected chi connectivity index (χ1v) is 11.2. The van der Waals surface area contributed by atoms with Crippen molar-refractivity contribution in [2.75, 3.05) is 11.5 Å². The summed E-state index contributed by atoms with van der Waals surface area (Å²) in [4.78, 5) is 13.9. The number of allylic oxidation sites excluding steroid dienone is 6. The maximum absolute atomic E-state index is 13.9. The van der Waals surface area contributed by atoms with Gasteiger partial charge in [0.2, 0.25) is 0 Å². The molecule has 0 aromatic carbocycles. The molecule has 1 saturated carbocycles. The largest absolute Gasteiger partial charge is 0.298 e.